The zero-order valence-corrected chi connectivity index (χ0v) is 10.6. The third-order valence-corrected chi connectivity index (χ3v) is 2.91. The molecule has 0 heterocycles. The van der Waals surface area contributed by atoms with Crippen LogP contribution in [0.3, 0.4) is 0 Å². The second kappa shape index (κ2) is 4.79. The number of hydrogen-bond acceptors (Lipinski definition) is 2. The van der Waals surface area contributed by atoms with Gasteiger partial charge in [0.2, 0.25) is 0 Å². The highest BCUT2D eigenvalue weighted by Gasteiger charge is 2.25. The van der Waals surface area contributed by atoms with Crippen molar-refractivity contribution in [3.05, 3.63) is 34.9 Å². The van der Waals surface area contributed by atoms with E-state index in [0.717, 1.165) is 5.56 Å². The van der Waals surface area contributed by atoms with Crippen molar-refractivity contribution in [2.24, 2.45) is 11.1 Å². The summed E-state index contributed by atoms with van der Waals surface area (Å²) in [5, 5.41) is 0. The van der Waals surface area contributed by atoms with Crippen LogP contribution in [0.5, 0.6) is 0 Å². The molecule has 16 heavy (non-hydrogen) atoms. The van der Waals surface area contributed by atoms with E-state index in [1.54, 1.807) is 0 Å². The zero-order valence-electron chi connectivity index (χ0n) is 10.6. The third kappa shape index (κ3) is 3.17. The normalized spacial score (nSPS) is 11.6. The Balaban J connectivity index is 2.85. The highest BCUT2D eigenvalue weighted by Crippen LogP contribution is 2.18. The van der Waals surface area contributed by atoms with Crippen molar-refractivity contribution >= 4 is 5.78 Å². The van der Waals surface area contributed by atoms with Gasteiger partial charge in [-0.15, -0.1) is 0 Å². The number of rotatable bonds is 4. The van der Waals surface area contributed by atoms with Gasteiger partial charge < -0.3 is 5.73 Å². The van der Waals surface area contributed by atoms with Gasteiger partial charge in [-0.05, 0) is 19.4 Å². The van der Waals surface area contributed by atoms with Crippen molar-refractivity contribution in [3.8, 4) is 0 Å². The largest absolute Gasteiger partial charge is 0.329 e. The number of carbonyl (C=O) groups is 1. The van der Waals surface area contributed by atoms with Crippen LogP contribution in [0.25, 0.3) is 0 Å². The van der Waals surface area contributed by atoms with Gasteiger partial charge in [-0.3, -0.25) is 4.79 Å². The smallest absolute Gasteiger partial charge is 0.144 e. The minimum Gasteiger partial charge on any atom is -0.329 e. The van der Waals surface area contributed by atoms with E-state index < -0.39 is 5.41 Å². The molecule has 1 rings (SSSR count). The molecule has 0 unspecified atom stereocenters. The number of aryl methyl sites for hydroxylation is 2. The predicted octanol–water partition coefficient (Wildman–Crippen LogP) is 2.40. The molecule has 0 aromatic heterocycles. The average molecular weight is 219 g/mol. The van der Waals surface area contributed by atoms with Gasteiger partial charge in [0.05, 0.1) is 0 Å². The highest BCUT2D eigenvalue weighted by atomic mass is 16.1. The molecule has 1 aromatic carbocycles. The van der Waals surface area contributed by atoms with Gasteiger partial charge in [0.15, 0.2) is 0 Å². The van der Waals surface area contributed by atoms with Crippen molar-refractivity contribution in [1.29, 1.82) is 0 Å². The van der Waals surface area contributed by atoms with Crippen molar-refractivity contribution in [2.75, 3.05) is 6.54 Å². The number of ketones is 1. The molecule has 0 saturated heterocycles. The fourth-order valence-corrected chi connectivity index (χ4v) is 1.71. The first-order valence-corrected chi connectivity index (χ1v) is 5.66. The van der Waals surface area contributed by atoms with Gasteiger partial charge in [0, 0.05) is 18.4 Å². The lowest BCUT2D eigenvalue weighted by atomic mass is 9.84. The number of hydrogen-bond donors (Lipinski definition) is 1. The predicted molar refractivity (Wildman–Crippen MR) is 67.5 cm³/mol. The van der Waals surface area contributed by atoms with E-state index in [4.69, 9.17) is 5.73 Å². The SMILES string of the molecule is Cc1cc(C)cc(CC(=O)C(C)(C)CN)c1. The van der Waals surface area contributed by atoms with Crippen LogP contribution < -0.4 is 5.73 Å². The van der Waals surface area contributed by atoms with E-state index in [9.17, 15) is 4.79 Å². The van der Waals surface area contributed by atoms with Crippen LogP contribution in [-0.2, 0) is 11.2 Å². The van der Waals surface area contributed by atoms with E-state index in [0.29, 0.717) is 13.0 Å². The quantitative estimate of drug-likeness (QED) is 0.845. The average Bonchev–Trinajstić information content (AvgIpc) is 2.15. The van der Waals surface area contributed by atoms with Crippen LogP contribution in [0.4, 0.5) is 0 Å². The molecule has 0 aliphatic heterocycles. The minimum atomic E-state index is -0.419. The molecule has 2 N–H and O–H groups in total. The number of Topliss-reactive ketones (excluding diaryl/α,β-unsaturated/α-hetero) is 1. The van der Waals surface area contributed by atoms with Crippen LogP contribution in [0.15, 0.2) is 18.2 Å². The van der Waals surface area contributed by atoms with Crippen molar-refractivity contribution in [1.82, 2.24) is 0 Å². The summed E-state index contributed by atoms with van der Waals surface area (Å²) < 4.78 is 0. The summed E-state index contributed by atoms with van der Waals surface area (Å²) in [7, 11) is 0. The Morgan fingerprint density at radius 1 is 1.19 bits per heavy atom. The summed E-state index contributed by atoms with van der Waals surface area (Å²) >= 11 is 0. The second-order valence-corrected chi connectivity index (χ2v) is 5.18. The monoisotopic (exact) mass is 219 g/mol. The number of benzene rings is 1. The Kier molecular flexibility index (Phi) is 3.87. The van der Waals surface area contributed by atoms with E-state index >= 15 is 0 Å². The summed E-state index contributed by atoms with van der Waals surface area (Å²) in [6, 6.07) is 6.25. The summed E-state index contributed by atoms with van der Waals surface area (Å²) in [6.07, 6.45) is 0.479. The first-order valence-electron chi connectivity index (χ1n) is 5.66. The van der Waals surface area contributed by atoms with Crippen LogP contribution in [0.1, 0.15) is 30.5 Å². The van der Waals surface area contributed by atoms with Gasteiger partial charge in [0.25, 0.3) is 0 Å². The van der Waals surface area contributed by atoms with Crippen molar-refractivity contribution in [2.45, 2.75) is 34.1 Å². The molecule has 0 radical (unpaired) electrons. The van der Waals surface area contributed by atoms with Gasteiger partial charge in [-0.2, -0.15) is 0 Å². The van der Waals surface area contributed by atoms with Crippen LogP contribution in [0.2, 0.25) is 0 Å². The summed E-state index contributed by atoms with van der Waals surface area (Å²) in [5.41, 5.74) is 8.67. The molecule has 0 aliphatic rings. The van der Waals surface area contributed by atoms with Crippen LogP contribution >= 0.6 is 0 Å². The third-order valence-electron chi connectivity index (χ3n) is 2.91. The molecule has 2 heteroatoms. The summed E-state index contributed by atoms with van der Waals surface area (Å²) in [4.78, 5) is 12.0. The second-order valence-electron chi connectivity index (χ2n) is 5.18. The molecular formula is C14H21NO. The van der Waals surface area contributed by atoms with Crippen LogP contribution in [0, 0.1) is 19.3 Å². The molecule has 88 valence electrons. The Morgan fingerprint density at radius 2 is 1.69 bits per heavy atom. The maximum absolute atomic E-state index is 12.0. The topological polar surface area (TPSA) is 43.1 Å². The minimum absolute atomic E-state index is 0.208. The Labute approximate surface area is 97.9 Å². The molecule has 2 nitrogen and oxygen atoms in total. The molecule has 0 amide bonds. The molecule has 0 saturated carbocycles. The Morgan fingerprint density at radius 3 is 2.12 bits per heavy atom. The van der Waals surface area contributed by atoms with E-state index in [2.05, 4.69) is 32.0 Å². The number of nitrogens with two attached hydrogens (primary N) is 1. The fraction of sp³-hybridized carbons (Fsp3) is 0.500. The number of carbonyl (C=O) groups excluding carboxylic acids is 1. The Hall–Kier alpha value is -1.15. The fourth-order valence-electron chi connectivity index (χ4n) is 1.71. The first kappa shape index (κ1) is 12.9. The standard InChI is InChI=1S/C14H21NO/c1-10-5-11(2)7-12(6-10)8-13(16)14(3,4)9-15/h5-7H,8-9,15H2,1-4H3. The van der Waals surface area contributed by atoms with Crippen LogP contribution in [-0.4, -0.2) is 12.3 Å². The van der Waals surface area contributed by atoms with Gasteiger partial charge in [-0.1, -0.05) is 43.2 Å². The molecule has 0 aliphatic carbocycles. The van der Waals surface area contributed by atoms with Gasteiger partial charge in [0.1, 0.15) is 5.78 Å². The lowest BCUT2D eigenvalue weighted by Gasteiger charge is -2.20. The lowest BCUT2D eigenvalue weighted by molar-refractivity contribution is -0.125. The summed E-state index contributed by atoms with van der Waals surface area (Å²) in [5.74, 6) is 0.208. The molecule has 0 bridgehead atoms. The lowest BCUT2D eigenvalue weighted by Crippen LogP contribution is -2.33. The summed E-state index contributed by atoms with van der Waals surface area (Å²) in [6.45, 7) is 8.30. The highest BCUT2D eigenvalue weighted by molar-refractivity contribution is 5.86. The molecular weight excluding hydrogens is 198 g/mol. The first-order chi connectivity index (χ1) is 7.35. The molecule has 0 atom stereocenters. The zero-order chi connectivity index (χ0) is 12.3. The van der Waals surface area contributed by atoms with Gasteiger partial charge in [-0.25, -0.2) is 0 Å². The molecule has 0 fully saturated rings. The van der Waals surface area contributed by atoms with E-state index in [-0.39, 0.29) is 5.78 Å². The molecule has 1 aromatic rings. The Bertz CT molecular complexity index is 373. The maximum atomic E-state index is 12.0. The van der Waals surface area contributed by atoms with Crippen molar-refractivity contribution in [3.63, 3.8) is 0 Å². The molecule has 0 spiro atoms. The van der Waals surface area contributed by atoms with E-state index in [1.807, 2.05) is 13.8 Å². The van der Waals surface area contributed by atoms with Gasteiger partial charge >= 0.3 is 0 Å². The van der Waals surface area contributed by atoms with E-state index in [1.165, 1.54) is 11.1 Å². The maximum Gasteiger partial charge on any atom is 0.144 e. The van der Waals surface area contributed by atoms with Crippen molar-refractivity contribution < 1.29 is 4.79 Å².